The van der Waals surface area contributed by atoms with E-state index in [1.165, 1.54) is 12.3 Å². The zero-order valence-electron chi connectivity index (χ0n) is 10.6. The van der Waals surface area contributed by atoms with Gasteiger partial charge in [0.1, 0.15) is 4.91 Å². The van der Waals surface area contributed by atoms with Crippen LogP contribution in [0, 0.1) is 0 Å². The van der Waals surface area contributed by atoms with E-state index in [1.807, 2.05) is 18.2 Å². The molecule has 0 N–H and O–H groups in total. The fraction of sp³-hybridized carbons (Fsp3) is 0. The summed E-state index contributed by atoms with van der Waals surface area (Å²) in [4.78, 5) is 4.05. The van der Waals surface area contributed by atoms with Gasteiger partial charge in [-0.05, 0) is 23.8 Å². The predicted molar refractivity (Wildman–Crippen MR) is 78.8 cm³/mol. The number of rotatable bonds is 5. The van der Waals surface area contributed by atoms with Crippen molar-refractivity contribution in [2.75, 3.05) is 0 Å². The lowest BCUT2D eigenvalue weighted by molar-refractivity contribution is 0.456. The summed E-state index contributed by atoms with van der Waals surface area (Å²) in [7, 11) is -3.94. The van der Waals surface area contributed by atoms with Crippen molar-refractivity contribution < 1.29 is 12.6 Å². The summed E-state index contributed by atoms with van der Waals surface area (Å²) < 4.78 is 28.9. The average Bonchev–Trinajstić information content (AvgIpc) is 2.46. The second-order valence-corrected chi connectivity index (χ2v) is 5.39. The van der Waals surface area contributed by atoms with Gasteiger partial charge in [-0.25, -0.2) is 0 Å². The summed E-state index contributed by atoms with van der Waals surface area (Å²) in [6, 6.07) is 14.1. The Kier molecular flexibility index (Phi) is 4.32. The monoisotopic (exact) mass is 287 g/mol. The van der Waals surface area contributed by atoms with Gasteiger partial charge in [-0.3, -0.25) is 4.98 Å². The van der Waals surface area contributed by atoms with E-state index < -0.39 is 10.1 Å². The quantitative estimate of drug-likeness (QED) is 0.626. The van der Waals surface area contributed by atoms with Crippen LogP contribution in [0.3, 0.4) is 0 Å². The molecule has 0 fully saturated rings. The Labute approximate surface area is 118 Å². The number of hydrogen-bond acceptors (Lipinski definition) is 4. The zero-order valence-corrected chi connectivity index (χ0v) is 11.5. The van der Waals surface area contributed by atoms with Crippen LogP contribution in [0.2, 0.25) is 0 Å². The second kappa shape index (κ2) is 6.16. The van der Waals surface area contributed by atoms with Gasteiger partial charge in [0.2, 0.25) is 0 Å². The van der Waals surface area contributed by atoms with Gasteiger partial charge < -0.3 is 4.18 Å². The summed E-state index contributed by atoms with van der Waals surface area (Å²) >= 11 is 0. The smallest absolute Gasteiger partial charge is 0.340 e. The lowest BCUT2D eigenvalue weighted by atomic mass is 10.2. The predicted octanol–water partition coefficient (Wildman–Crippen LogP) is 3.07. The van der Waals surface area contributed by atoms with Crippen LogP contribution in [-0.4, -0.2) is 13.4 Å². The van der Waals surface area contributed by atoms with Crippen LogP contribution in [0.25, 0.3) is 11.0 Å². The fourth-order valence-corrected chi connectivity index (χ4v) is 2.56. The molecule has 0 aliphatic rings. The van der Waals surface area contributed by atoms with E-state index in [1.54, 1.807) is 30.3 Å². The summed E-state index contributed by atoms with van der Waals surface area (Å²) in [6.07, 6.45) is 3.93. The maximum atomic E-state index is 12.1. The van der Waals surface area contributed by atoms with E-state index in [0.717, 1.165) is 11.8 Å². The first-order valence-electron chi connectivity index (χ1n) is 5.86. The third-order valence-electron chi connectivity index (χ3n) is 2.48. The molecule has 20 heavy (non-hydrogen) atoms. The van der Waals surface area contributed by atoms with Crippen LogP contribution >= 0.6 is 0 Å². The molecular formula is C15H13NO3S. The minimum absolute atomic E-state index is 0.01000. The van der Waals surface area contributed by atoms with Gasteiger partial charge in [-0.1, -0.05) is 43.0 Å². The van der Waals surface area contributed by atoms with E-state index in [2.05, 4.69) is 15.7 Å². The Morgan fingerprint density at radius 1 is 1.10 bits per heavy atom. The van der Waals surface area contributed by atoms with Gasteiger partial charge in [0.25, 0.3) is 0 Å². The van der Waals surface area contributed by atoms with Gasteiger partial charge in [0.05, 0.1) is 12.0 Å². The maximum Gasteiger partial charge on any atom is 0.340 e. The molecule has 0 saturated carbocycles. The Hall–Kier alpha value is -2.40. The van der Waals surface area contributed by atoms with E-state index in [4.69, 9.17) is 0 Å². The molecule has 2 aromatic rings. The highest BCUT2D eigenvalue weighted by molar-refractivity contribution is 7.96. The molecule has 0 aliphatic heterocycles. The van der Waals surface area contributed by atoms with Crippen molar-refractivity contribution in [2.24, 2.45) is 0 Å². The van der Waals surface area contributed by atoms with Crippen molar-refractivity contribution in [3.05, 3.63) is 78.8 Å². The third kappa shape index (κ3) is 3.33. The molecule has 0 atom stereocenters. The molecule has 0 bridgehead atoms. The first kappa shape index (κ1) is 14.0. The van der Waals surface area contributed by atoms with Crippen LogP contribution in [0.1, 0.15) is 11.3 Å². The Morgan fingerprint density at radius 3 is 2.40 bits per heavy atom. The van der Waals surface area contributed by atoms with Crippen LogP contribution in [0.5, 0.6) is 0 Å². The SMILES string of the molecule is C=COS(=O)(=O)C(=Cc1ccccc1)c1ccccn1. The van der Waals surface area contributed by atoms with E-state index in [-0.39, 0.29) is 4.91 Å². The highest BCUT2D eigenvalue weighted by Crippen LogP contribution is 2.23. The van der Waals surface area contributed by atoms with Crippen molar-refractivity contribution >= 4 is 21.1 Å². The topological polar surface area (TPSA) is 56.3 Å². The number of benzene rings is 1. The van der Waals surface area contributed by atoms with E-state index in [0.29, 0.717) is 5.69 Å². The first-order valence-corrected chi connectivity index (χ1v) is 7.26. The normalized spacial score (nSPS) is 11.9. The van der Waals surface area contributed by atoms with Crippen LogP contribution in [-0.2, 0) is 14.3 Å². The highest BCUT2D eigenvalue weighted by atomic mass is 32.2. The number of nitrogens with zero attached hydrogens (tertiary/aromatic N) is 1. The summed E-state index contributed by atoms with van der Waals surface area (Å²) in [5, 5.41) is 0. The number of aromatic nitrogens is 1. The number of pyridine rings is 1. The minimum atomic E-state index is -3.94. The molecule has 0 aliphatic carbocycles. The van der Waals surface area contributed by atoms with Crippen molar-refractivity contribution in [2.45, 2.75) is 0 Å². The third-order valence-corrected chi connectivity index (χ3v) is 3.73. The zero-order chi connectivity index (χ0) is 14.4. The molecule has 1 aromatic heterocycles. The fourth-order valence-electron chi connectivity index (χ4n) is 1.62. The molecule has 102 valence electrons. The molecule has 2 rings (SSSR count). The van der Waals surface area contributed by atoms with Crippen LogP contribution in [0.4, 0.5) is 0 Å². The van der Waals surface area contributed by atoms with Crippen molar-refractivity contribution in [1.82, 2.24) is 4.98 Å². The lowest BCUT2D eigenvalue weighted by Crippen LogP contribution is -2.05. The molecule has 0 saturated heterocycles. The Morgan fingerprint density at radius 2 is 1.80 bits per heavy atom. The highest BCUT2D eigenvalue weighted by Gasteiger charge is 2.21. The number of hydrogen-bond donors (Lipinski definition) is 0. The average molecular weight is 287 g/mol. The van der Waals surface area contributed by atoms with Gasteiger partial charge in [0.15, 0.2) is 0 Å². The van der Waals surface area contributed by atoms with Gasteiger partial charge in [-0.15, -0.1) is 0 Å². The molecule has 0 spiro atoms. The molecule has 0 amide bonds. The largest absolute Gasteiger partial charge is 0.388 e. The Bertz CT molecular complexity index is 707. The van der Waals surface area contributed by atoms with Crippen molar-refractivity contribution in [3.63, 3.8) is 0 Å². The standard InChI is InChI=1S/C15H13NO3S/c1-2-19-20(17,18)15(14-10-6-7-11-16-14)12-13-8-4-3-5-9-13/h2-12H,1H2. The molecule has 1 aromatic carbocycles. The summed E-state index contributed by atoms with van der Waals surface area (Å²) in [5.41, 5.74) is 1.06. The minimum Gasteiger partial charge on any atom is -0.388 e. The second-order valence-electron chi connectivity index (χ2n) is 3.85. The van der Waals surface area contributed by atoms with E-state index in [9.17, 15) is 8.42 Å². The first-order chi connectivity index (χ1) is 9.63. The van der Waals surface area contributed by atoms with Crippen molar-refractivity contribution in [3.8, 4) is 0 Å². The Balaban J connectivity index is 2.57. The molecule has 4 nitrogen and oxygen atoms in total. The molecule has 5 heteroatoms. The molecular weight excluding hydrogens is 274 g/mol. The van der Waals surface area contributed by atoms with Gasteiger partial charge >= 0.3 is 10.1 Å². The van der Waals surface area contributed by atoms with E-state index >= 15 is 0 Å². The summed E-state index contributed by atoms with van der Waals surface area (Å²) in [5.74, 6) is 0. The van der Waals surface area contributed by atoms with Gasteiger partial charge in [0, 0.05) is 6.20 Å². The molecule has 0 unspecified atom stereocenters. The molecule has 0 radical (unpaired) electrons. The van der Waals surface area contributed by atoms with Crippen LogP contribution < -0.4 is 0 Å². The molecule has 1 heterocycles. The van der Waals surface area contributed by atoms with Crippen molar-refractivity contribution in [1.29, 1.82) is 0 Å². The van der Waals surface area contributed by atoms with Gasteiger partial charge in [-0.2, -0.15) is 8.42 Å². The maximum absolute atomic E-state index is 12.1. The lowest BCUT2D eigenvalue weighted by Gasteiger charge is -2.07. The summed E-state index contributed by atoms with van der Waals surface area (Å²) in [6.45, 7) is 3.28. The van der Waals surface area contributed by atoms with Crippen LogP contribution in [0.15, 0.2) is 67.6 Å².